The van der Waals surface area contributed by atoms with Gasteiger partial charge in [-0.25, -0.2) is 4.63 Å². The summed E-state index contributed by atoms with van der Waals surface area (Å²) in [5, 5.41) is 37.5. The number of nitriles is 3. The van der Waals surface area contributed by atoms with Crippen LogP contribution in [-0.4, -0.2) is 36.6 Å². The molecule has 3 rings (SSSR count). The number of fused-ring (bicyclic) bond motifs is 1. The molecular weight excluding hydrogens is 310 g/mol. The summed E-state index contributed by atoms with van der Waals surface area (Å²) in [5.41, 5.74) is 1.78. The molecule has 0 spiro atoms. The van der Waals surface area contributed by atoms with Gasteiger partial charge in [-0.05, 0) is 22.4 Å². The van der Waals surface area contributed by atoms with Crippen LogP contribution in [0.25, 0.3) is 11.0 Å². The van der Waals surface area contributed by atoms with Gasteiger partial charge < -0.3 is 15.0 Å². The molecule has 2 heterocycles. The van der Waals surface area contributed by atoms with E-state index in [0.717, 1.165) is 18.8 Å². The second kappa shape index (κ2) is 6.66. The summed E-state index contributed by atoms with van der Waals surface area (Å²) in [5.74, 6) is 0. The second-order valence-electron chi connectivity index (χ2n) is 4.90. The third kappa shape index (κ3) is 2.70. The van der Waals surface area contributed by atoms with Crippen molar-refractivity contribution in [3.8, 4) is 18.2 Å². The van der Waals surface area contributed by atoms with Crippen LogP contribution in [0.4, 0.5) is 11.4 Å². The highest BCUT2D eigenvalue weighted by Gasteiger charge is 2.19. The number of aromatic nitrogens is 2. The molecule has 0 amide bonds. The maximum atomic E-state index is 9.15. The molecule has 1 aliphatic heterocycles. The smallest absolute Gasteiger partial charge is 0.163 e. The Bertz CT molecular complexity index is 904. The molecule has 0 unspecified atom stereocenters. The van der Waals surface area contributed by atoms with Crippen LogP contribution in [0.1, 0.15) is 0 Å². The van der Waals surface area contributed by atoms with Crippen molar-refractivity contribution in [2.45, 2.75) is 0 Å². The van der Waals surface area contributed by atoms with E-state index in [0.29, 0.717) is 29.9 Å². The van der Waals surface area contributed by atoms with Crippen molar-refractivity contribution in [1.82, 2.24) is 10.3 Å². The minimum absolute atomic E-state index is 0.150. The molecule has 1 N–H and O–H groups in total. The Balaban J connectivity index is 2.02. The third-order valence-electron chi connectivity index (χ3n) is 3.59. The lowest BCUT2D eigenvalue weighted by atomic mass is 10.2. The number of hydrogen-bond acceptors (Lipinski definition) is 9. The van der Waals surface area contributed by atoms with Crippen LogP contribution in [-0.2, 0) is 4.74 Å². The van der Waals surface area contributed by atoms with Crippen LogP contribution in [0, 0.1) is 34.0 Å². The number of ether oxygens (including phenoxy) is 1. The molecule has 1 aromatic carbocycles. The van der Waals surface area contributed by atoms with E-state index in [4.69, 9.17) is 25.2 Å². The highest BCUT2D eigenvalue weighted by molar-refractivity contribution is 5.97. The van der Waals surface area contributed by atoms with Gasteiger partial charge in [0, 0.05) is 13.1 Å². The second-order valence-corrected chi connectivity index (χ2v) is 4.90. The quantitative estimate of drug-likeness (QED) is 0.829. The van der Waals surface area contributed by atoms with Crippen LogP contribution in [0.3, 0.4) is 0 Å². The van der Waals surface area contributed by atoms with Crippen molar-refractivity contribution in [2.24, 2.45) is 0 Å². The van der Waals surface area contributed by atoms with E-state index in [9.17, 15) is 0 Å². The minimum Gasteiger partial charge on any atom is -0.378 e. The van der Waals surface area contributed by atoms with Gasteiger partial charge in [-0.2, -0.15) is 15.8 Å². The molecule has 0 atom stereocenters. The summed E-state index contributed by atoms with van der Waals surface area (Å²) < 4.78 is 10.2. The molecule has 0 bridgehead atoms. The Morgan fingerprint density at radius 3 is 2.42 bits per heavy atom. The number of nitrogens with one attached hydrogen (secondary N) is 1. The average Bonchev–Trinajstić information content (AvgIpc) is 3.12. The van der Waals surface area contributed by atoms with Crippen LogP contribution >= 0.6 is 0 Å². The van der Waals surface area contributed by atoms with Crippen LogP contribution in [0.2, 0.25) is 0 Å². The normalized spacial score (nSPS) is 13.6. The summed E-state index contributed by atoms with van der Waals surface area (Å²) in [4.78, 5) is 2.11. The molecule has 1 aromatic heterocycles. The molecule has 2 aromatic rings. The van der Waals surface area contributed by atoms with E-state index < -0.39 is 0 Å². The van der Waals surface area contributed by atoms with E-state index in [1.165, 1.54) is 0 Å². The lowest BCUT2D eigenvalue weighted by Crippen LogP contribution is -2.36. The summed E-state index contributed by atoms with van der Waals surface area (Å²) >= 11 is 0. The van der Waals surface area contributed by atoms with E-state index in [1.807, 2.05) is 6.07 Å². The fraction of sp³-hybridized carbons (Fsp3) is 0.267. The van der Waals surface area contributed by atoms with E-state index in [-0.39, 0.29) is 11.3 Å². The summed E-state index contributed by atoms with van der Waals surface area (Å²) in [6.07, 6.45) is 0. The first kappa shape index (κ1) is 15.3. The topological polar surface area (TPSA) is 135 Å². The van der Waals surface area contributed by atoms with Crippen molar-refractivity contribution in [3.63, 3.8) is 0 Å². The number of anilines is 2. The Morgan fingerprint density at radius 1 is 1.04 bits per heavy atom. The lowest BCUT2D eigenvalue weighted by molar-refractivity contribution is 0.123. The van der Waals surface area contributed by atoms with Crippen molar-refractivity contribution >= 4 is 22.4 Å². The van der Waals surface area contributed by atoms with Gasteiger partial charge in [-0.15, -0.1) is 0 Å². The molecule has 1 aliphatic rings. The minimum atomic E-state index is -0.306. The first-order valence-corrected chi connectivity index (χ1v) is 7.08. The van der Waals surface area contributed by atoms with E-state index >= 15 is 0 Å². The van der Waals surface area contributed by atoms with Crippen LogP contribution in [0.5, 0.6) is 0 Å². The Kier molecular flexibility index (Phi) is 4.24. The maximum Gasteiger partial charge on any atom is 0.163 e. The molecule has 118 valence electrons. The zero-order chi connectivity index (χ0) is 16.9. The Hall–Kier alpha value is -3.61. The highest BCUT2D eigenvalue weighted by atomic mass is 16.6. The zero-order valence-electron chi connectivity index (χ0n) is 12.5. The number of benzene rings is 1. The van der Waals surface area contributed by atoms with Crippen molar-refractivity contribution in [2.75, 3.05) is 36.5 Å². The highest BCUT2D eigenvalue weighted by Crippen LogP contribution is 2.31. The SMILES string of the molecule is N#CC(C#N)=C(C#N)Nc1ccc(N2CCOCC2)c2nonc12. The molecule has 0 aliphatic carbocycles. The summed E-state index contributed by atoms with van der Waals surface area (Å²) in [6.45, 7) is 2.71. The molecule has 9 nitrogen and oxygen atoms in total. The third-order valence-corrected chi connectivity index (χ3v) is 3.59. The van der Waals surface area contributed by atoms with Gasteiger partial charge in [0.1, 0.15) is 23.9 Å². The molecule has 1 fully saturated rings. The van der Waals surface area contributed by atoms with Crippen molar-refractivity contribution in [1.29, 1.82) is 15.8 Å². The lowest BCUT2D eigenvalue weighted by Gasteiger charge is -2.28. The van der Waals surface area contributed by atoms with Gasteiger partial charge in [-0.3, -0.25) is 0 Å². The molecule has 9 heteroatoms. The average molecular weight is 321 g/mol. The van der Waals surface area contributed by atoms with Crippen molar-refractivity contribution in [3.05, 3.63) is 23.4 Å². The van der Waals surface area contributed by atoms with Gasteiger partial charge in [0.25, 0.3) is 0 Å². The number of rotatable bonds is 3. The van der Waals surface area contributed by atoms with Crippen molar-refractivity contribution < 1.29 is 9.37 Å². The first-order chi connectivity index (χ1) is 11.8. The van der Waals surface area contributed by atoms with Gasteiger partial charge in [0.05, 0.1) is 24.6 Å². The van der Waals surface area contributed by atoms with E-state index in [1.54, 1.807) is 24.3 Å². The monoisotopic (exact) mass is 321 g/mol. The summed E-state index contributed by atoms with van der Waals surface area (Å²) in [7, 11) is 0. The van der Waals surface area contributed by atoms with Gasteiger partial charge in [0.15, 0.2) is 16.6 Å². The zero-order valence-corrected chi connectivity index (χ0v) is 12.5. The molecule has 24 heavy (non-hydrogen) atoms. The van der Waals surface area contributed by atoms with Gasteiger partial charge in [0.2, 0.25) is 0 Å². The first-order valence-electron chi connectivity index (χ1n) is 7.08. The predicted molar refractivity (Wildman–Crippen MR) is 82.3 cm³/mol. The van der Waals surface area contributed by atoms with Crippen LogP contribution in [0.15, 0.2) is 28.0 Å². The number of morpholine rings is 1. The Labute approximate surface area is 136 Å². The fourth-order valence-electron chi connectivity index (χ4n) is 2.43. The van der Waals surface area contributed by atoms with Gasteiger partial charge in [-0.1, -0.05) is 0 Å². The molecular formula is C15H11N7O2. The van der Waals surface area contributed by atoms with Gasteiger partial charge >= 0.3 is 0 Å². The standard InChI is InChI=1S/C15H11N7O2/c16-7-10(8-17)12(9-18)19-11-1-2-13(15-14(11)20-24-21-15)22-3-5-23-6-4-22/h1-2,19H,3-6H2. The van der Waals surface area contributed by atoms with E-state index in [2.05, 4.69) is 20.5 Å². The molecule has 1 saturated heterocycles. The number of allylic oxidation sites excluding steroid dienone is 2. The molecule has 0 radical (unpaired) electrons. The predicted octanol–water partition coefficient (Wildman–Crippen LogP) is 1.30. The fourth-order valence-corrected chi connectivity index (χ4v) is 2.43. The van der Waals surface area contributed by atoms with Crippen LogP contribution < -0.4 is 10.2 Å². The summed E-state index contributed by atoms with van der Waals surface area (Å²) in [6, 6.07) is 8.70. The Morgan fingerprint density at radius 2 is 1.75 bits per heavy atom. The number of hydrogen-bond donors (Lipinski definition) is 1. The maximum absolute atomic E-state index is 9.15. The number of nitrogens with zero attached hydrogens (tertiary/aromatic N) is 6. The molecule has 0 saturated carbocycles. The largest absolute Gasteiger partial charge is 0.378 e.